The highest BCUT2D eigenvalue weighted by atomic mass is 16.5. The summed E-state index contributed by atoms with van der Waals surface area (Å²) in [5.74, 6) is 0.0308. The van der Waals surface area contributed by atoms with Gasteiger partial charge in [-0.3, -0.25) is 4.79 Å². The highest BCUT2D eigenvalue weighted by Gasteiger charge is 2.04. The van der Waals surface area contributed by atoms with E-state index in [4.69, 9.17) is 4.74 Å². The van der Waals surface area contributed by atoms with Crippen LogP contribution < -0.4 is 5.32 Å². The molecule has 0 bridgehead atoms. The molecule has 1 amide bonds. The Morgan fingerprint density at radius 2 is 2.11 bits per heavy atom. The van der Waals surface area contributed by atoms with Gasteiger partial charge in [-0.15, -0.1) is 0 Å². The number of nitrogens with one attached hydrogen (secondary N) is 1. The minimum absolute atomic E-state index is 0.0308. The lowest BCUT2D eigenvalue weighted by Crippen LogP contribution is -2.29. The van der Waals surface area contributed by atoms with Crippen LogP contribution in [0.2, 0.25) is 0 Å². The van der Waals surface area contributed by atoms with Crippen LogP contribution in [0.4, 0.5) is 0 Å². The van der Waals surface area contributed by atoms with Crippen molar-refractivity contribution in [1.29, 1.82) is 0 Å². The summed E-state index contributed by atoms with van der Waals surface area (Å²) in [6.45, 7) is 9.28. The minimum atomic E-state index is 0.0308. The van der Waals surface area contributed by atoms with Gasteiger partial charge in [0.15, 0.2) is 0 Å². The van der Waals surface area contributed by atoms with Crippen molar-refractivity contribution in [1.82, 2.24) is 5.32 Å². The third-order valence-corrected chi connectivity index (χ3v) is 2.53. The smallest absolute Gasteiger partial charge is 0.224 e. The molecule has 0 saturated heterocycles. The van der Waals surface area contributed by atoms with Crippen LogP contribution in [0.1, 0.15) is 18.1 Å². The molecule has 98 valence electrons. The zero-order valence-corrected chi connectivity index (χ0v) is 11.2. The van der Waals surface area contributed by atoms with Gasteiger partial charge in [-0.2, -0.15) is 0 Å². The van der Waals surface area contributed by atoms with Crippen LogP contribution >= 0.6 is 0 Å². The van der Waals surface area contributed by atoms with Crippen LogP contribution in [0.3, 0.4) is 0 Å². The van der Waals surface area contributed by atoms with Crippen LogP contribution in [0, 0.1) is 6.92 Å². The molecule has 0 atom stereocenters. The first-order chi connectivity index (χ1) is 8.59. The first-order valence-electron chi connectivity index (χ1n) is 6.13. The summed E-state index contributed by atoms with van der Waals surface area (Å²) >= 11 is 0. The Morgan fingerprint density at radius 1 is 1.39 bits per heavy atom. The quantitative estimate of drug-likeness (QED) is 0.593. The fourth-order valence-corrected chi connectivity index (χ4v) is 1.55. The SMILES string of the molecule is C=C(C)COCCNC(=O)Cc1ccccc1C. The van der Waals surface area contributed by atoms with Gasteiger partial charge in [-0.1, -0.05) is 36.4 Å². The molecule has 0 heterocycles. The average molecular weight is 247 g/mol. The van der Waals surface area contributed by atoms with Crippen molar-refractivity contribution in [3.05, 3.63) is 47.5 Å². The van der Waals surface area contributed by atoms with E-state index in [9.17, 15) is 4.79 Å². The maximum atomic E-state index is 11.7. The zero-order valence-electron chi connectivity index (χ0n) is 11.2. The molecule has 18 heavy (non-hydrogen) atoms. The van der Waals surface area contributed by atoms with Crippen LogP contribution in [0.25, 0.3) is 0 Å². The van der Waals surface area contributed by atoms with Crippen molar-refractivity contribution in [2.24, 2.45) is 0 Å². The van der Waals surface area contributed by atoms with Gasteiger partial charge in [0.25, 0.3) is 0 Å². The maximum Gasteiger partial charge on any atom is 0.224 e. The maximum absolute atomic E-state index is 11.7. The van der Waals surface area contributed by atoms with Crippen LogP contribution in [-0.2, 0) is 16.0 Å². The largest absolute Gasteiger partial charge is 0.375 e. The predicted octanol–water partition coefficient (Wildman–Crippen LogP) is 2.25. The monoisotopic (exact) mass is 247 g/mol. The molecule has 3 heteroatoms. The lowest BCUT2D eigenvalue weighted by Gasteiger charge is -2.08. The van der Waals surface area contributed by atoms with Crippen LogP contribution in [-0.4, -0.2) is 25.7 Å². The molecule has 0 aliphatic heterocycles. The Labute approximate surface area is 109 Å². The second kappa shape index (κ2) is 7.67. The van der Waals surface area contributed by atoms with Gasteiger partial charge in [0, 0.05) is 6.54 Å². The Bertz CT molecular complexity index is 413. The molecule has 0 fully saturated rings. The summed E-state index contributed by atoms with van der Waals surface area (Å²) in [4.78, 5) is 11.7. The Balaban J connectivity index is 2.22. The predicted molar refractivity (Wildman–Crippen MR) is 73.5 cm³/mol. The number of hydrogen-bond acceptors (Lipinski definition) is 2. The van der Waals surface area contributed by atoms with E-state index < -0.39 is 0 Å². The normalized spacial score (nSPS) is 10.1. The molecule has 1 N–H and O–H groups in total. The second-order valence-electron chi connectivity index (χ2n) is 4.46. The van der Waals surface area contributed by atoms with E-state index in [-0.39, 0.29) is 5.91 Å². The van der Waals surface area contributed by atoms with Gasteiger partial charge < -0.3 is 10.1 Å². The van der Waals surface area contributed by atoms with Gasteiger partial charge in [0.1, 0.15) is 0 Å². The molecule has 1 aromatic carbocycles. The molecule has 0 radical (unpaired) electrons. The molecule has 3 nitrogen and oxygen atoms in total. The first kappa shape index (κ1) is 14.5. The summed E-state index contributed by atoms with van der Waals surface area (Å²) in [7, 11) is 0. The van der Waals surface area contributed by atoms with Gasteiger partial charge in [0.05, 0.1) is 19.6 Å². The van der Waals surface area contributed by atoms with Gasteiger partial charge in [-0.25, -0.2) is 0 Å². The van der Waals surface area contributed by atoms with E-state index in [1.54, 1.807) is 0 Å². The standard InChI is InChI=1S/C15H21NO2/c1-12(2)11-18-9-8-16-15(17)10-14-7-5-4-6-13(14)3/h4-7H,1,8-11H2,2-3H3,(H,16,17). The van der Waals surface area contributed by atoms with Crippen molar-refractivity contribution < 1.29 is 9.53 Å². The molecule has 1 aromatic rings. The van der Waals surface area contributed by atoms with Crippen molar-refractivity contribution in [2.45, 2.75) is 20.3 Å². The highest BCUT2D eigenvalue weighted by Crippen LogP contribution is 2.07. The van der Waals surface area contributed by atoms with E-state index in [2.05, 4.69) is 11.9 Å². The number of aryl methyl sites for hydroxylation is 1. The van der Waals surface area contributed by atoms with Crippen LogP contribution in [0.15, 0.2) is 36.4 Å². The number of ether oxygens (including phenoxy) is 1. The fraction of sp³-hybridized carbons (Fsp3) is 0.400. The fourth-order valence-electron chi connectivity index (χ4n) is 1.55. The van der Waals surface area contributed by atoms with Crippen molar-refractivity contribution in [3.63, 3.8) is 0 Å². The Hall–Kier alpha value is -1.61. The Kier molecular flexibility index (Phi) is 6.15. The molecule has 0 aliphatic carbocycles. The average Bonchev–Trinajstić information content (AvgIpc) is 2.31. The number of hydrogen-bond donors (Lipinski definition) is 1. The van der Waals surface area contributed by atoms with E-state index in [0.29, 0.717) is 26.2 Å². The highest BCUT2D eigenvalue weighted by molar-refractivity contribution is 5.78. The number of carbonyl (C=O) groups is 1. The van der Waals surface area contributed by atoms with Crippen LogP contribution in [0.5, 0.6) is 0 Å². The van der Waals surface area contributed by atoms with E-state index in [1.807, 2.05) is 38.1 Å². The number of rotatable bonds is 7. The van der Waals surface area contributed by atoms with E-state index in [1.165, 1.54) is 0 Å². The van der Waals surface area contributed by atoms with Gasteiger partial charge >= 0.3 is 0 Å². The van der Waals surface area contributed by atoms with E-state index in [0.717, 1.165) is 16.7 Å². The number of benzene rings is 1. The summed E-state index contributed by atoms with van der Waals surface area (Å²) < 4.78 is 5.31. The molecule has 0 aliphatic rings. The molecule has 0 aromatic heterocycles. The molecule has 0 saturated carbocycles. The third kappa shape index (κ3) is 5.64. The number of amides is 1. The number of carbonyl (C=O) groups excluding carboxylic acids is 1. The molecule has 1 rings (SSSR count). The summed E-state index contributed by atoms with van der Waals surface area (Å²) in [6, 6.07) is 7.92. The molecule has 0 unspecified atom stereocenters. The van der Waals surface area contributed by atoms with Gasteiger partial charge in [-0.05, 0) is 25.0 Å². The van der Waals surface area contributed by atoms with E-state index >= 15 is 0 Å². The second-order valence-corrected chi connectivity index (χ2v) is 4.46. The first-order valence-corrected chi connectivity index (χ1v) is 6.13. The topological polar surface area (TPSA) is 38.3 Å². The molecular weight excluding hydrogens is 226 g/mol. The summed E-state index contributed by atoms with van der Waals surface area (Å²) in [5.41, 5.74) is 3.20. The van der Waals surface area contributed by atoms with Gasteiger partial charge in [0.2, 0.25) is 5.91 Å². The lowest BCUT2D eigenvalue weighted by molar-refractivity contribution is -0.120. The Morgan fingerprint density at radius 3 is 2.78 bits per heavy atom. The molecule has 0 spiro atoms. The third-order valence-electron chi connectivity index (χ3n) is 2.53. The van der Waals surface area contributed by atoms with Crippen molar-refractivity contribution in [2.75, 3.05) is 19.8 Å². The van der Waals surface area contributed by atoms with Crippen molar-refractivity contribution >= 4 is 5.91 Å². The summed E-state index contributed by atoms with van der Waals surface area (Å²) in [6.07, 6.45) is 0.424. The lowest BCUT2D eigenvalue weighted by atomic mass is 10.1. The minimum Gasteiger partial charge on any atom is -0.375 e. The molecular formula is C15H21NO2. The zero-order chi connectivity index (χ0) is 13.4. The summed E-state index contributed by atoms with van der Waals surface area (Å²) in [5, 5.41) is 2.84. The van der Waals surface area contributed by atoms with Crippen molar-refractivity contribution in [3.8, 4) is 0 Å².